The van der Waals surface area contributed by atoms with E-state index in [4.69, 9.17) is 160 Å². The molecule has 0 aliphatic heterocycles. The Bertz CT molecular complexity index is 5080. The molecule has 0 spiro atoms. The normalized spacial score (nSPS) is 10.6. The molecule has 6 nitrogen and oxygen atoms in total. The smallest absolute Gasteiger partial charge is 0.134 e. The first-order valence-electron chi connectivity index (χ1n) is 41.3. The highest BCUT2D eigenvalue weighted by Gasteiger charge is 2.54. The third-order valence-corrected chi connectivity index (χ3v) is 23.5. The molecular weight excluding hydrogens is 1500 g/mol. The fourth-order valence-electron chi connectivity index (χ4n) is 17.4. The minimum Gasteiger partial charge on any atom is -0.495 e. The lowest BCUT2D eigenvalue weighted by Crippen LogP contribution is -2.90. The van der Waals surface area contributed by atoms with Gasteiger partial charge in [0.15, 0.2) is 0 Å². The molecule has 41 heteroatoms. The Hall–Kier alpha value is -6.77. The van der Waals surface area contributed by atoms with Crippen molar-refractivity contribution < 1.29 is 9.47 Å². The molecule has 12 aromatic carbocycles. The minimum absolute atomic E-state index is 0.775. The number of hydrogen-bond acceptors (Lipinski definition) is 6. The van der Waals surface area contributed by atoms with Gasteiger partial charge in [-0.1, -0.05) is 210 Å². The van der Waals surface area contributed by atoms with E-state index in [1.165, 1.54) is 88.0 Å². The SMILES string of the molecule is COc1c(-c2ccccc2NCCCCNc2ccccc2-c2cc(C)cc(-c3cccc4ccccc34)c2OC)cc(C)cc1-c1cccc2ccccc12.Cc1cc(-c2ccccc2Br)c(C)c(-c2cccc3ccccc23)c1.NCCCCN.[B]B([B])B(B([B])[B])B(B([B])[B])B(B(B([B])[B])B([B])[B])B(B(B([B])[B])B([B])[B])B(B([B])[B])B([B])[B]. The first kappa shape index (κ1) is 98.0. The van der Waals surface area contributed by atoms with Crippen LogP contribution in [0.5, 0.6) is 11.5 Å². The molecule has 0 fully saturated rings. The van der Waals surface area contributed by atoms with Crippen molar-refractivity contribution in [2.45, 2.75) is 53.4 Å². The summed E-state index contributed by atoms with van der Waals surface area (Å²) in [7, 11) is 114. The van der Waals surface area contributed by atoms with Crippen molar-refractivity contribution in [1.29, 1.82) is 0 Å². The highest BCUT2D eigenvalue weighted by Crippen LogP contribution is 2.47. The van der Waals surface area contributed by atoms with Crippen LogP contribution in [-0.2, 0) is 0 Å². The number of para-hydroxylation sites is 2. The van der Waals surface area contributed by atoms with Crippen molar-refractivity contribution >= 4 is 301 Å². The summed E-state index contributed by atoms with van der Waals surface area (Å²) < 4.78 is 13.5. The standard InChI is InChI=1S/C52H48N2O2.C24H19Br.C4H12N2.B34/c1-35-31-45(41-25-15-19-37-17-5-7-21-39(37)41)51(55-3)47(33-35)43-23-9-11-27-49(43)53-29-13-14-30-54-50-28-12-10-24-44(50)48-34-36(2)32-46(52(48)56-4)42-26-16-20-38-18-6-8-22-40(38)42;1-16-14-22(20-12-7-9-18-8-3-4-10-19(18)20)17(2)23(15-16)21-11-5-6-13-24(21)25;5-3-1-2-4-6;1-19(2)28(20(3)4)32(27(17)18)34(31(25(13)14)26(15)16)33(29(21(5)6)22(7)8)30(23(9)10)24(11)12/h5-12,15-28,31-34,53-54H,13-14,29-30H2,1-4H3;3-15H,1-2H3;1-6H2;. The number of fused-ring (bicyclic) bond motifs is 3. The van der Waals surface area contributed by atoms with Crippen LogP contribution in [0.3, 0.4) is 0 Å². The van der Waals surface area contributed by atoms with Crippen molar-refractivity contribution in [2.24, 2.45) is 11.5 Å². The number of methoxy groups -OCH3 is 2. The van der Waals surface area contributed by atoms with Gasteiger partial charge >= 0.3 is 0 Å². The van der Waals surface area contributed by atoms with E-state index in [-0.39, 0.29) is 0 Å². The lowest BCUT2D eigenvalue weighted by Gasteiger charge is -2.52. The van der Waals surface area contributed by atoms with E-state index >= 15 is 0 Å². The number of unbranched alkanes of at least 4 members (excludes halogenated alkanes) is 2. The van der Waals surface area contributed by atoms with Crippen molar-refractivity contribution in [3.63, 3.8) is 0 Å². The maximum atomic E-state index is 6.24. The zero-order valence-electron chi connectivity index (χ0n) is 70.7. The number of halogens is 1. The Morgan fingerprint density at radius 3 is 0.843 bits per heavy atom. The molecule has 6 N–H and O–H groups in total. The molecule has 0 aromatic heterocycles. The molecule has 36 radical (unpaired) electrons. The summed E-state index contributed by atoms with van der Waals surface area (Å²) in [5.74, 6) is 1.78. The number of anilines is 2. The fraction of sp³-hybridized carbons (Fsp3) is 0.175. The molecule has 0 saturated carbocycles. The summed E-state index contributed by atoms with van der Waals surface area (Å²) in [5, 5.41) is 15.0. The molecule has 0 aliphatic rings. The van der Waals surface area contributed by atoms with Crippen LogP contribution < -0.4 is 31.6 Å². The molecule has 0 amide bonds. The Kier molecular flexibility index (Phi) is 38.5. The quantitative estimate of drug-likeness (QED) is 0.0247. The average molecular weight is 1580 g/mol. The highest BCUT2D eigenvalue weighted by molar-refractivity contribution is 9.10. The third-order valence-electron chi connectivity index (χ3n) is 22.8. The molecule has 0 unspecified atom stereocenters. The van der Waals surface area contributed by atoms with Crippen LogP contribution in [0.15, 0.2) is 241 Å². The monoisotopic (exact) mass is 1580 g/mol. The summed E-state index contributed by atoms with van der Waals surface area (Å²) in [6, 6.07) is 84.4. The van der Waals surface area contributed by atoms with E-state index in [1.54, 1.807) is 14.2 Å². The van der Waals surface area contributed by atoms with Gasteiger partial charge in [-0.25, -0.2) is 0 Å². The van der Waals surface area contributed by atoms with E-state index in [0.717, 1.165) is 113 Å². The van der Waals surface area contributed by atoms with Crippen LogP contribution in [0.2, 0.25) is 0 Å². The maximum Gasteiger partial charge on any atom is 0.134 e. The Labute approximate surface area is 761 Å². The van der Waals surface area contributed by atoms with Gasteiger partial charge in [-0.15, -0.1) is 0 Å². The molecule has 12 rings (SSSR count). The fourth-order valence-corrected chi connectivity index (χ4v) is 17.9. The van der Waals surface area contributed by atoms with Crippen molar-refractivity contribution in [3.05, 3.63) is 263 Å². The average Bonchev–Trinajstić information content (AvgIpc) is 0.769. The topological polar surface area (TPSA) is 94.6 Å². The molecule has 121 heavy (non-hydrogen) atoms. The van der Waals surface area contributed by atoms with Gasteiger partial charge in [0.2, 0.25) is 0 Å². The summed E-state index contributed by atoms with van der Waals surface area (Å²) in [4.78, 5) is 0. The molecule has 0 atom stereocenters. The number of nitrogens with one attached hydrogen (secondary N) is 2. The molecule has 12 aromatic rings. The van der Waals surface area contributed by atoms with E-state index in [9.17, 15) is 0 Å². The number of nitrogens with two attached hydrogens (primary N) is 2. The van der Waals surface area contributed by atoms with Gasteiger partial charge in [-0.2, -0.15) is 0 Å². The molecule has 540 valence electrons. The van der Waals surface area contributed by atoms with Gasteiger partial charge < -0.3 is 31.6 Å². The number of ether oxygens (including phenoxy) is 2. The van der Waals surface area contributed by atoms with Crippen LogP contribution in [0.4, 0.5) is 11.4 Å². The van der Waals surface area contributed by atoms with E-state index < -0.39 is 102 Å². The third kappa shape index (κ3) is 24.9. The van der Waals surface area contributed by atoms with Crippen LogP contribution in [0.1, 0.15) is 47.9 Å². The van der Waals surface area contributed by atoms with Crippen molar-refractivity contribution in [2.75, 3.05) is 51.0 Å². The predicted octanol–water partition coefficient (Wildman–Crippen LogP) is 7.89. The molecular formula is C80H79B34BrN4O2. The Morgan fingerprint density at radius 1 is 0.273 bits per heavy atom. The van der Waals surface area contributed by atoms with E-state index in [0.29, 0.717) is 0 Å². The van der Waals surface area contributed by atoms with Gasteiger partial charge in [0, 0.05) is 304 Å². The number of hydrogen-bond donors (Lipinski definition) is 4. The highest BCUT2D eigenvalue weighted by atomic mass is 79.9. The maximum absolute atomic E-state index is 6.24. The van der Waals surface area contributed by atoms with Gasteiger partial charge in [0.1, 0.15) is 11.5 Å². The van der Waals surface area contributed by atoms with E-state index in [1.807, 2.05) is 0 Å². The second-order valence-corrected chi connectivity index (χ2v) is 32.4. The predicted molar refractivity (Wildman–Crippen MR) is 573 cm³/mol. The largest absolute Gasteiger partial charge is 0.495 e. The second-order valence-electron chi connectivity index (χ2n) is 31.5. The molecule has 0 aliphatic carbocycles. The molecule has 0 saturated heterocycles. The zero-order chi connectivity index (χ0) is 87.9. The number of benzene rings is 12. The minimum atomic E-state index is -1.16. The van der Waals surface area contributed by atoms with Gasteiger partial charge in [-0.3, -0.25) is 0 Å². The Balaban J connectivity index is 0.000000217. The number of rotatable bonds is 33. The molecule has 0 bridgehead atoms. The van der Waals surface area contributed by atoms with Crippen molar-refractivity contribution in [3.8, 4) is 78.3 Å². The lowest BCUT2D eigenvalue weighted by atomic mass is 8.29. The van der Waals surface area contributed by atoms with Gasteiger partial charge in [0.25, 0.3) is 0 Å². The van der Waals surface area contributed by atoms with Crippen LogP contribution >= 0.6 is 15.9 Å². The summed E-state index contributed by atoms with van der Waals surface area (Å²) >= 11 is 3.71. The second kappa shape index (κ2) is 47.5. The van der Waals surface area contributed by atoms with Crippen LogP contribution in [0.25, 0.3) is 99.1 Å². The first-order valence-corrected chi connectivity index (χ1v) is 42.1. The summed E-state index contributed by atoms with van der Waals surface area (Å²) in [6.45, 7) is 12.0. The van der Waals surface area contributed by atoms with Gasteiger partial charge in [0.05, 0.1) is 14.2 Å². The van der Waals surface area contributed by atoms with Crippen molar-refractivity contribution in [1.82, 2.24) is 0 Å². The zero-order valence-corrected chi connectivity index (χ0v) is 72.2. The van der Waals surface area contributed by atoms with Crippen LogP contribution in [0, 0.1) is 27.7 Å². The Morgan fingerprint density at radius 2 is 0.521 bits per heavy atom. The van der Waals surface area contributed by atoms with Crippen LogP contribution in [-0.4, -0.2) is 282 Å². The summed E-state index contributed by atoms with van der Waals surface area (Å²) in [6.07, 6.45) is -12.5. The van der Waals surface area contributed by atoms with E-state index in [2.05, 4.69) is 291 Å². The lowest BCUT2D eigenvalue weighted by molar-refractivity contribution is 0.418. The molecule has 0 heterocycles. The summed E-state index contributed by atoms with van der Waals surface area (Å²) in [5.41, 5.74) is 31.7. The first-order chi connectivity index (χ1) is 58.0. The number of aryl methyl sites for hydroxylation is 3. The van der Waals surface area contributed by atoms with Gasteiger partial charge in [-0.05, 0) is 197 Å².